The second-order valence-electron chi connectivity index (χ2n) is 6.85. The number of carbonyl (C=O) groups excluding carboxylic acids is 1. The largest absolute Gasteiger partial charge is 0.365 e. The average Bonchev–Trinajstić information content (AvgIpc) is 3.39. The van der Waals surface area contributed by atoms with E-state index < -0.39 is 0 Å². The molecule has 5 aromatic rings. The molecule has 0 unspecified atom stereocenters. The van der Waals surface area contributed by atoms with Crippen LogP contribution in [0.2, 0.25) is 0 Å². The molecule has 2 aromatic carbocycles. The van der Waals surface area contributed by atoms with Crippen LogP contribution in [0.4, 0.5) is 15.9 Å². The molecule has 3 heterocycles. The minimum atomic E-state index is -0.309. The van der Waals surface area contributed by atoms with E-state index in [1.807, 2.05) is 30.5 Å². The fourth-order valence-electron chi connectivity index (χ4n) is 3.24. The Kier molecular flexibility index (Phi) is 4.36. The predicted octanol–water partition coefficient (Wildman–Crippen LogP) is 4.21. The minimum Gasteiger partial charge on any atom is -0.365 e. The number of aromatic nitrogens is 4. The van der Waals surface area contributed by atoms with E-state index >= 15 is 0 Å². The van der Waals surface area contributed by atoms with Crippen LogP contribution in [0.1, 0.15) is 16.1 Å². The van der Waals surface area contributed by atoms with E-state index in [1.54, 1.807) is 24.3 Å². The third-order valence-corrected chi connectivity index (χ3v) is 4.79. The third kappa shape index (κ3) is 3.46. The lowest BCUT2D eigenvalue weighted by Gasteiger charge is -2.08. The predicted molar refractivity (Wildman–Crippen MR) is 113 cm³/mol. The maximum Gasteiger partial charge on any atom is 0.276 e. The van der Waals surface area contributed by atoms with Crippen LogP contribution < -0.4 is 10.6 Å². The van der Waals surface area contributed by atoms with Gasteiger partial charge in [-0.25, -0.2) is 13.9 Å². The topological polar surface area (TPSA) is 87.1 Å². The van der Waals surface area contributed by atoms with Crippen molar-refractivity contribution in [2.75, 3.05) is 10.6 Å². The molecule has 0 radical (unpaired) electrons. The van der Waals surface area contributed by atoms with E-state index in [1.165, 1.54) is 22.8 Å². The Morgan fingerprint density at radius 1 is 1.07 bits per heavy atom. The molecule has 0 bridgehead atoms. The second-order valence-corrected chi connectivity index (χ2v) is 6.85. The van der Waals surface area contributed by atoms with E-state index in [-0.39, 0.29) is 11.7 Å². The summed E-state index contributed by atoms with van der Waals surface area (Å²) in [4.78, 5) is 20.2. The van der Waals surface area contributed by atoms with Gasteiger partial charge in [-0.2, -0.15) is 0 Å². The molecule has 30 heavy (non-hydrogen) atoms. The van der Waals surface area contributed by atoms with Gasteiger partial charge in [0.05, 0.1) is 6.20 Å². The average molecular weight is 400 g/mol. The summed E-state index contributed by atoms with van der Waals surface area (Å²) in [7, 11) is 0. The molecule has 148 valence electrons. The number of anilines is 2. The number of hydrogen-bond donors (Lipinski definition) is 3. The first kappa shape index (κ1) is 17.9. The lowest BCUT2D eigenvalue weighted by atomic mass is 10.2. The van der Waals surface area contributed by atoms with Crippen LogP contribution >= 0.6 is 0 Å². The van der Waals surface area contributed by atoms with E-state index in [2.05, 4.69) is 25.7 Å². The van der Waals surface area contributed by atoms with Crippen molar-refractivity contribution in [2.24, 2.45) is 0 Å². The highest BCUT2D eigenvalue weighted by Crippen LogP contribution is 2.19. The number of halogens is 1. The number of benzene rings is 2. The smallest absolute Gasteiger partial charge is 0.276 e. The zero-order valence-electron chi connectivity index (χ0n) is 15.8. The van der Waals surface area contributed by atoms with Gasteiger partial charge in [-0.3, -0.25) is 4.79 Å². The number of carbonyl (C=O) groups is 1. The lowest BCUT2D eigenvalue weighted by molar-refractivity contribution is 0.102. The first-order valence-corrected chi connectivity index (χ1v) is 9.37. The molecule has 0 aliphatic rings. The van der Waals surface area contributed by atoms with Crippen LogP contribution in [0.15, 0.2) is 73.1 Å². The summed E-state index contributed by atoms with van der Waals surface area (Å²) in [6, 6.07) is 17.4. The summed E-state index contributed by atoms with van der Waals surface area (Å²) in [6.45, 7) is 0.477. The lowest BCUT2D eigenvalue weighted by Crippen LogP contribution is -2.16. The monoisotopic (exact) mass is 400 g/mol. The number of H-pyrrole nitrogens is 1. The zero-order chi connectivity index (χ0) is 20.5. The van der Waals surface area contributed by atoms with Crippen LogP contribution in [0.3, 0.4) is 0 Å². The van der Waals surface area contributed by atoms with E-state index in [4.69, 9.17) is 0 Å². The number of nitrogens with one attached hydrogen (secondary N) is 3. The Bertz CT molecular complexity index is 1360. The Balaban J connectivity index is 1.36. The van der Waals surface area contributed by atoms with Crippen LogP contribution in [0.25, 0.3) is 16.6 Å². The number of amides is 1. The molecule has 0 aliphatic heterocycles. The molecule has 0 fully saturated rings. The molecule has 0 atom stereocenters. The first-order chi connectivity index (χ1) is 14.7. The Labute approximate surface area is 170 Å². The maximum atomic E-state index is 13.0. The number of rotatable bonds is 5. The van der Waals surface area contributed by atoms with Gasteiger partial charge in [0.15, 0.2) is 11.3 Å². The van der Waals surface area contributed by atoms with Gasteiger partial charge in [-0.1, -0.05) is 18.2 Å². The number of imidazole rings is 1. The second kappa shape index (κ2) is 7.32. The summed E-state index contributed by atoms with van der Waals surface area (Å²) < 4.78 is 14.5. The maximum absolute atomic E-state index is 13.0. The van der Waals surface area contributed by atoms with E-state index in [0.717, 1.165) is 16.5 Å². The summed E-state index contributed by atoms with van der Waals surface area (Å²) >= 11 is 0. The van der Waals surface area contributed by atoms with Gasteiger partial charge in [0.1, 0.15) is 11.6 Å². The molecule has 3 N–H and O–H groups in total. The summed E-state index contributed by atoms with van der Waals surface area (Å²) in [5.74, 6) is -0.00829. The van der Waals surface area contributed by atoms with Crippen molar-refractivity contribution in [3.05, 3.63) is 90.1 Å². The molecule has 8 heteroatoms. The van der Waals surface area contributed by atoms with Crippen LogP contribution in [0.5, 0.6) is 0 Å². The molecule has 1 amide bonds. The van der Waals surface area contributed by atoms with Crippen molar-refractivity contribution in [2.45, 2.75) is 6.54 Å². The zero-order valence-corrected chi connectivity index (χ0v) is 15.8. The van der Waals surface area contributed by atoms with E-state index in [9.17, 15) is 9.18 Å². The molecule has 7 nitrogen and oxygen atoms in total. The highest BCUT2D eigenvalue weighted by atomic mass is 19.1. The molecule has 5 rings (SSSR count). The van der Waals surface area contributed by atoms with Gasteiger partial charge in [0.25, 0.3) is 5.91 Å². The SMILES string of the molecule is O=C(Nc1ccc2cc[nH]c2c1)c1cnc2ccc(NCc3ccc(F)cc3)nn12. The number of aromatic amines is 1. The van der Waals surface area contributed by atoms with Crippen LogP contribution in [0, 0.1) is 5.82 Å². The molecule has 0 aliphatic carbocycles. The van der Waals surface area contributed by atoms with E-state index in [0.29, 0.717) is 29.4 Å². The van der Waals surface area contributed by atoms with Gasteiger partial charge >= 0.3 is 0 Å². The van der Waals surface area contributed by atoms with Gasteiger partial charge in [-0.05, 0) is 53.4 Å². The Hall–Kier alpha value is -4.20. The molecule has 0 saturated heterocycles. The van der Waals surface area contributed by atoms with Crippen LogP contribution in [-0.2, 0) is 6.54 Å². The molecular formula is C22H17FN6O. The number of nitrogens with zero attached hydrogens (tertiary/aromatic N) is 3. The number of fused-ring (bicyclic) bond motifs is 2. The third-order valence-electron chi connectivity index (χ3n) is 4.79. The Morgan fingerprint density at radius 2 is 1.93 bits per heavy atom. The first-order valence-electron chi connectivity index (χ1n) is 9.37. The molecular weight excluding hydrogens is 383 g/mol. The normalized spacial score (nSPS) is 11.1. The fourth-order valence-corrected chi connectivity index (χ4v) is 3.24. The van der Waals surface area contributed by atoms with Crippen molar-refractivity contribution >= 4 is 34.0 Å². The highest BCUT2D eigenvalue weighted by molar-refractivity contribution is 6.04. The van der Waals surface area contributed by atoms with Crippen molar-refractivity contribution in [1.29, 1.82) is 0 Å². The summed E-state index contributed by atoms with van der Waals surface area (Å²) in [5, 5.41) is 11.6. The van der Waals surface area contributed by atoms with Gasteiger partial charge < -0.3 is 15.6 Å². The molecule has 3 aromatic heterocycles. The van der Waals surface area contributed by atoms with Crippen molar-refractivity contribution in [3.8, 4) is 0 Å². The minimum absolute atomic E-state index is 0.275. The van der Waals surface area contributed by atoms with Crippen LogP contribution in [-0.4, -0.2) is 25.5 Å². The molecule has 0 spiro atoms. The molecule has 0 saturated carbocycles. The van der Waals surface area contributed by atoms with Gasteiger partial charge in [0, 0.05) is 23.9 Å². The van der Waals surface area contributed by atoms with Gasteiger partial charge in [0.2, 0.25) is 0 Å². The van der Waals surface area contributed by atoms with Crippen molar-refractivity contribution in [1.82, 2.24) is 19.6 Å². The Morgan fingerprint density at radius 3 is 2.80 bits per heavy atom. The summed E-state index contributed by atoms with van der Waals surface area (Å²) in [5.41, 5.74) is 3.42. The quantitative estimate of drug-likeness (QED) is 0.412. The fraction of sp³-hybridized carbons (Fsp3) is 0.0455. The summed E-state index contributed by atoms with van der Waals surface area (Å²) in [6.07, 6.45) is 3.35. The number of hydrogen-bond acceptors (Lipinski definition) is 4. The van der Waals surface area contributed by atoms with Crippen molar-refractivity contribution in [3.63, 3.8) is 0 Å². The standard InChI is InChI=1S/C22H17FN6O/c23-16-4-1-14(2-5-16)12-25-20-7-8-21-26-13-19(29(21)28-20)22(30)27-17-6-3-15-9-10-24-18(15)11-17/h1-11,13,24H,12H2,(H,25,28)(H,27,30). The van der Waals surface area contributed by atoms with Gasteiger partial charge in [-0.15, -0.1) is 5.10 Å². The highest BCUT2D eigenvalue weighted by Gasteiger charge is 2.14. The van der Waals surface area contributed by atoms with Crippen molar-refractivity contribution < 1.29 is 9.18 Å².